The van der Waals surface area contributed by atoms with Crippen molar-refractivity contribution >= 4 is 5.97 Å². The summed E-state index contributed by atoms with van der Waals surface area (Å²) < 4.78 is 5.71. The molecule has 1 heterocycles. The molecule has 4 unspecified atom stereocenters. The maximum atomic E-state index is 11.6. The molecule has 3 aliphatic rings. The molecule has 3 heteroatoms. The van der Waals surface area contributed by atoms with Crippen LogP contribution in [0.3, 0.4) is 0 Å². The van der Waals surface area contributed by atoms with Gasteiger partial charge in [-0.25, -0.2) is 0 Å². The highest BCUT2D eigenvalue weighted by molar-refractivity contribution is 5.75. The van der Waals surface area contributed by atoms with E-state index in [1.165, 1.54) is 32.1 Å². The molecule has 0 aromatic rings. The minimum atomic E-state index is -0.614. The molecular formula is C15H24O3. The maximum absolute atomic E-state index is 11.6. The van der Waals surface area contributed by atoms with Crippen LogP contribution < -0.4 is 0 Å². The molecule has 0 aromatic heterocycles. The first-order valence-electron chi connectivity index (χ1n) is 7.50. The number of carbonyl (C=O) groups is 1. The van der Waals surface area contributed by atoms with Crippen LogP contribution in [0.25, 0.3) is 0 Å². The monoisotopic (exact) mass is 252 g/mol. The van der Waals surface area contributed by atoms with Crippen LogP contribution in [0.4, 0.5) is 0 Å². The van der Waals surface area contributed by atoms with Crippen molar-refractivity contribution in [3.05, 3.63) is 0 Å². The fourth-order valence-electron chi connectivity index (χ4n) is 4.17. The highest BCUT2D eigenvalue weighted by Gasteiger charge is 2.59. The van der Waals surface area contributed by atoms with Crippen LogP contribution in [-0.2, 0) is 9.53 Å². The number of hydrogen-bond donors (Lipinski definition) is 1. The van der Waals surface area contributed by atoms with Crippen LogP contribution in [0.2, 0.25) is 0 Å². The summed E-state index contributed by atoms with van der Waals surface area (Å²) in [5.74, 6) is 0.375. The van der Waals surface area contributed by atoms with E-state index in [2.05, 4.69) is 0 Å². The Morgan fingerprint density at radius 1 is 1.28 bits per heavy atom. The van der Waals surface area contributed by atoms with Gasteiger partial charge in [0.25, 0.3) is 0 Å². The Labute approximate surface area is 109 Å². The Bertz CT molecular complexity index is 335. The molecule has 2 saturated carbocycles. The number of rotatable bonds is 3. The molecule has 0 bridgehead atoms. The van der Waals surface area contributed by atoms with Crippen LogP contribution in [0.5, 0.6) is 0 Å². The molecule has 1 N–H and O–H groups in total. The van der Waals surface area contributed by atoms with E-state index in [4.69, 9.17) is 4.74 Å². The van der Waals surface area contributed by atoms with Crippen LogP contribution in [-0.4, -0.2) is 23.3 Å². The zero-order valence-corrected chi connectivity index (χ0v) is 11.2. The van der Waals surface area contributed by atoms with Crippen LogP contribution in [0, 0.1) is 17.3 Å². The SMILES string of the molecule is CC1(C(=O)O)CCC2OC2C1CC1CCCCC1. The van der Waals surface area contributed by atoms with Crippen LogP contribution in [0.15, 0.2) is 0 Å². The van der Waals surface area contributed by atoms with Crippen molar-refractivity contribution in [1.82, 2.24) is 0 Å². The number of carboxylic acids is 1. The molecular weight excluding hydrogens is 228 g/mol. The molecule has 18 heavy (non-hydrogen) atoms. The second kappa shape index (κ2) is 4.52. The predicted octanol–water partition coefficient (Wildman–Crippen LogP) is 3.23. The van der Waals surface area contributed by atoms with Gasteiger partial charge in [-0.1, -0.05) is 32.1 Å². The van der Waals surface area contributed by atoms with Crippen molar-refractivity contribution in [3.63, 3.8) is 0 Å². The lowest BCUT2D eigenvalue weighted by Crippen LogP contribution is -2.43. The summed E-state index contributed by atoms with van der Waals surface area (Å²) >= 11 is 0. The van der Waals surface area contributed by atoms with Gasteiger partial charge < -0.3 is 9.84 Å². The Hall–Kier alpha value is -0.570. The number of carboxylic acid groups (broad SMARTS) is 1. The topological polar surface area (TPSA) is 49.8 Å². The lowest BCUT2D eigenvalue weighted by molar-refractivity contribution is -0.153. The van der Waals surface area contributed by atoms with E-state index >= 15 is 0 Å². The summed E-state index contributed by atoms with van der Waals surface area (Å²) in [5, 5.41) is 9.58. The highest BCUT2D eigenvalue weighted by Crippen LogP contribution is 2.53. The maximum Gasteiger partial charge on any atom is 0.309 e. The molecule has 3 rings (SSSR count). The van der Waals surface area contributed by atoms with Crippen molar-refractivity contribution in [3.8, 4) is 0 Å². The van der Waals surface area contributed by atoms with Gasteiger partial charge in [-0.3, -0.25) is 4.79 Å². The quantitative estimate of drug-likeness (QED) is 0.784. The lowest BCUT2D eigenvalue weighted by atomic mass is 9.63. The number of aliphatic carboxylic acids is 1. The highest BCUT2D eigenvalue weighted by atomic mass is 16.6. The van der Waals surface area contributed by atoms with Crippen molar-refractivity contribution in [2.45, 2.75) is 70.5 Å². The first-order chi connectivity index (χ1) is 8.61. The third-order valence-corrected chi connectivity index (χ3v) is 5.59. The van der Waals surface area contributed by atoms with Gasteiger partial charge in [0.2, 0.25) is 0 Å². The minimum absolute atomic E-state index is 0.247. The van der Waals surface area contributed by atoms with Crippen molar-refractivity contribution in [1.29, 1.82) is 0 Å². The third kappa shape index (κ3) is 2.07. The Morgan fingerprint density at radius 2 is 2.00 bits per heavy atom. The summed E-state index contributed by atoms with van der Waals surface area (Å²) in [6.45, 7) is 1.95. The fourth-order valence-corrected chi connectivity index (χ4v) is 4.17. The molecule has 0 aromatic carbocycles. The van der Waals surface area contributed by atoms with Gasteiger partial charge in [-0.05, 0) is 32.1 Å². The number of ether oxygens (including phenoxy) is 1. The minimum Gasteiger partial charge on any atom is -0.481 e. The van der Waals surface area contributed by atoms with Gasteiger partial charge in [-0.15, -0.1) is 0 Å². The van der Waals surface area contributed by atoms with E-state index in [0.29, 0.717) is 6.10 Å². The van der Waals surface area contributed by atoms with Gasteiger partial charge >= 0.3 is 5.97 Å². The number of epoxide rings is 1. The lowest BCUT2D eigenvalue weighted by Gasteiger charge is -2.38. The molecule has 3 fully saturated rings. The van der Waals surface area contributed by atoms with Gasteiger partial charge in [0.15, 0.2) is 0 Å². The summed E-state index contributed by atoms with van der Waals surface area (Å²) in [5.41, 5.74) is -0.547. The van der Waals surface area contributed by atoms with Crippen LogP contribution >= 0.6 is 0 Å². The van der Waals surface area contributed by atoms with Gasteiger partial charge in [-0.2, -0.15) is 0 Å². The Morgan fingerprint density at radius 3 is 2.67 bits per heavy atom. The van der Waals surface area contributed by atoms with E-state index in [-0.39, 0.29) is 12.0 Å². The first kappa shape index (κ1) is 12.5. The first-order valence-corrected chi connectivity index (χ1v) is 7.50. The van der Waals surface area contributed by atoms with Crippen molar-refractivity contribution < 1.29 is 14.6 Å². The molecule has 0 radical (unpaired) electrons. The average Bonchev–Trinajstić information content (AvgIpc) is 3.13. The predicted molar refractivity (Wildman–Crippen MR) is 68.3 cm³/mol. The standard InChI is InChI=1S/C15H24O3/c1-15(14(16)17)8-7-12-13(18-12)11(15)9-10-5-3-2-4-6-10/h10-13H,2-9H2,1H3,(H,16,17). The summed E-state index contributed by atoms with van der Waals surface area (Å²) in [6, 6.07) is 0. The molecule has 4 atom stereocenters. The summed E-state index contributed by atoms with van der Waals surface area (Å²) in [7, 11) is 0. The van der Waals surface area contributed by atoms with Gasteiger partial charge in [0, 0.05) is 5.92 Å². The molecule has 1 aliphatic heterocycles. The molecule has 1 saturated heterocycles. The third-order valence-electron chi connectivity index (χ3n) is 5.59. The molecule has 0 spiro atoms. The summed E-state index contributed by atoms with van der Waals surface area (Å²) in [6.07, 6.45) is 10.0. The van der Waals surface area contributed by atoms with E-state index in [1.54, 1.807) is 0 Å². The number of hydrogen-bond acceptors (Lipinski definition) is 2. The van der Waals surface area contributed by atoms with Gasteiger partial charge in [0.05, 0.1) is 17.6 Å². The van der Waals surface area contributed by atoms with Crippen molar-refractivity contribution in [2.24, 2.45) is 17.3 Å². The molecule has 2 aliphatic carbocycles. The zero-order valence-electron chi connectivity index (χ0n) is 11.2. The second-order valence-electron chi connectivity index (χ2n) is 6.75. The van der Waals surface area contributed by atoms with Gasteiger partial charge in [0.1, 0.15) is 0 Å². The van der Waals surface area contributed by atoms with Crippen molar-refractivity contribution in [2.75, 3.05) is 0 Å². The molecule has 102 valence electrons. The average molecular weight is 252 g/mol. The molecule has 0 amide bonds. The Balaban J connectivity index is 1.71. The van der Waals surface area contributed by atoms with Crippen LogP contribution in [0.1, 0.15) is 58.3 Å². The molecule has 3 nitrogen and oxygen atoms in total. The summed E-state index contributed by atoms with van der Waals surface area (Å²) in [4.78, 5) is 11.6. The van der Waals surface area contributed by atoms with E-state index in [1.807, 2.05) is 6.92 Å². The number of fused-ring (bicyclic) bond motifs is 1. The fraction of sp³-hybridized carbons (Fsp3) is 0.933. The Kier molecular flexibility index (Phi) is 3.13. The van der Waals surface area contributed by atoms with E-state index in [9.17, 15) is 9.90 Å². The smallest absolute Gasteiger partial charge is 0.309 e. The van der Waals surface area contributed by atoms with E-state index in [0.717, 1.165) is 25.2 Å². The second-order valence-corrected chi connectivity index (χ2v) is 6.75. The normalized spacial score (nSPS) is 44.4. The van der Waals surface area contributed by atoms with E-state index < -0.39 is 11.4 Å². The largest absolute Gasteiger partial charge is 0.481 e. The zero-order chi connectivity index (χ0) is 12.8.